The SMILES string of the molecule is CNCC(CCc1cccnc1)c1ccccc1. The molecule has 1 aromatic carbocycles. The van der Waals surface area contributed by atoms with E-state index in [1.54, 1.807) is 0 Å². The van der Waals surface area contributed by atoms with Gasteiger partial charge in [0, 0.05) is 18.9 Å². The maximum atomic E-state index is 4.17. The molecule has 18 heavy (non-hydrogen) atoms. The van der Waals surface area contributed by atoms with Gasteiger partial charge in [0.1, 0.15) is 0 Å². The molecule has 1 heterocycles. The lowest BCUT2D eigenvalue weighted by molar-refractivity contribution is 0.583. The number of aromatic nitrogens is 1. The van der Waals surface area contributed by atoms with Crippen molar-refractivity contribution in [2.45, 2.75) is 18.8 Å². The fourth-order valence-electron chi connectivity index (χ4n) is 2.25. The van der Waals surface area contributed by atoms with Crippen molar-refractivity contribution in [3.63, 3.8) is 0 Å². The Morgan fingerprint density at radius 1 is 1.11 bits per heavy atom. The Morgan fingerprint density at radius 2 is 1.94 bits per heavy atom. The van der Waals surface area contributed by atoms with Crippen molar-refractivity contribution < 1.29 is 0 Å². The summed E-state index contributed by atoms with van der Waals surface area (Å²) in [6.07, 6.45) is 6.01. The summed E-state index contributed by atoms with van der Waals surface area (Å²) in [5, 5.41) is 3.29. The number of nitrogens with one attached hydrogen (secondary N) is 1. The molecule has 2 aromatic rings. The minimum Gasteiger partial charge on any atom is -0.319 e. The minimum absolute atomic E-state index is 0.566. The van der Waals surface area contributed by atoms with Gasteiger partial charge in [0.25, 0.3) is 0 Å². The largest absolute Gasteiger partial charge is 0.319 e. The molecule has 0 aliphatic heterocycles. The quantitative estimate of drug-likeness (QED) is 0.839. The number of hydrogen-bond acceptors (Lipinski definition) is 2. The standard InChI is InChI=1S/C16H20N2/c1-17-13-16(15-7-3-2-4-8-15)10-9-14-6-5-11-18-12-14/h2-8,11-12,16-17H,9-10,13H2,1H3. The van der Waals surface area contributed by atoms with Gasteiger partial charge in [-0.05, 0) is 43.0 Å². The molecule has 0 fully saturated rings. The molecule has 0 saturated carbocycles. The van der Waals surface area contributed by atoms with E-state index >= 15 is 0 Å². The first kappa shape index (κ1) is 12.8. The van der Waals surface area contributed by atoms with Crippen LogP contribution in [-0.2, 0) is 6.42 Å². The Balaban J connectivity index is 1.99. The summed E-state index contributed by atoms with van der Waals surface area (Å²) in [4.78, 5) is 4.17. The Labute approximate surface area is 109 Å². The molecule has 2 heteroatoms. The van der Waals surface area contributed by atoms with Crippen LogP contribution in [0.25, 0.3) is 0 Å². The summed E-state index contributed by atoms with van der Waals surface area (Å²) in [6, 6.07) is 14.9. The number of pyridine rings is 1. The molecular weight excluding hydrogens is 220 g/mol. The Kier molecular flexibility index (Phi) is 4.91. The number of benzene rings is 1. The molecule has 94 valence electrons. The fraction of sp³-hybridized carbons (Fsp3) is 0.312. The van der Waals surface area contributed by atoms with Crippen LogP contribution < -0.4 is 5.32 Å². The van der Waals surface area contributed by atoms with Crippen LogP contribution in [-0.4, -0.2) is 18.6 Å². The highest BCUT2D eigenvalue weighted by atomic mass is 14.8. The third-order valence-corrected chi connectivity index (χ3v) is 3.23. The molecule has 2 rings (SSSR count). The van der Waals surface area contributed by atoms with E-state index in [1.165, 1.54) is 11.1 Å². The van der Waals surface area contributed by atoms with Crippen molar-refractivity contribution >= 4 is 0 Å². The molecule has 0 saturated heterocycles. The van der Waals surface area contributed by atoms with Crippen LogP contribution in [0.2, 0.25) is 0 Å². The first-order valence-electron chi connectivity index (χ1n) is 6.48. The summed E-state index contributed by atoms with van der Waals surface area (Å²) >= 11 is 0. The summed E-state index contributed by atoms with van der Waals surface area (Å²) in [7, 11) is 2.01. The Hall–Kier alpha value is -1.67. The second kappa shape index (κ2) is 6.92. The van der Waals surface area contributed by atoms with Crippen molar-refractivity contribution in [3.8, 4) is 0 Å². The third-order valence-electron chi connectivity index (χ3n) is 3.23. The normalized spacial score (nSPS) is 12.3. The minimum atomic E-state index is 0.566. The predicted molar refractivity (Wildman–Crippen MR) is 75.7 cm³/mol. The first-order valence-corrected chi connectivity index (χ1v) is 6.48. The highest BCUT2D eigenvalue weighted by molar-refractivity contribution is 5.20. The maximum Gasteiger partial charge on any atom is 0.0299 e. The zero-order valence-corrected chi connectivity index (χ0v) is 10.8. The van der Waals surface area contributed by atoms with Gasteiger partial charge >= 0.3 is 0 Å². The highest BCUT2D eigenvalue weighted by Gasteiger charge is 2.10. The van der Waals surface area contributed by atoms with E-state index in [-0.39, 0.29) is 0 Å². The molecular formula is C16H20N2. The van der Waals surface area contributed by atoms with Gasteiger partial charge in [0.05, 0.1) is 0 Å². The summed E-state index contributed by atoms with van der Waals surface area (Å²) in [6.45, 7) is 1.02. The Bertz CT molecular complexity index is 439. The van der Waals surface area contributed by atoms with Gasteiger partial charge in [-0.25, -0.2) is 0 Å². The van der Waals surface area contributed by atoms with Crippen LogP contribution in [0.4, 0.5) is 0 Å². The topological polar surface area (TPSA) is 24.9 Å². The van der Waals surface area contributed by atoms with Crippen molar-refractivity contribution in [1.82, 2.24) is 10.3 Å². The summed E-state index contributed by atoms with van der Waals surface area (Å²) in [5.74, 6) is 0.566. The Morgan fingerprint density at radius 3 is 2.61 bits per heavy atom. The zero-order valence-electron chi connectivity index (χ0n) is 10.8. The molecule has 0 aliphatic carbocycles. The molecule has 0 aliphatic rings. The number of likely N-dealkylation sites (N-methyl/N-ethyl adjacent to an activating group) is 1. The average molecular weight is 240 g/mol. The second-order valence-electron chi connectivity index (χ2n) is 4.57. The van der Waals surface area contributed by atoms with E-state index in [0.717, 1.165) is 19.4 Å². The van der Waals surface area contributed by atoms with Gasteiger partial charge in [-0.15, -0.1) is 0 Å². The van der Waals surface area contributed by atoms with Crippen molar-refractivity contribution in [3.05, 3.63) is 66.0 Å². The van der Waals surface area contributed by atoms with Crippen molar-refractivity contribution in [2.24, 2.45) is 0 Å². The second-order valence-corrected chi connectivity index (χ2v) is 4.57. The van der Waals surface area contributed by atoms with Gasteiger partial charge in [0.15, 0.2) is 0 Å². The molecule has 0 radical (unpaired) electrons. The molecule has 1 N–H and O–H groups in total. The molecule has 0 spiro atoms. The fourth-order valence-corrected chi connectivity index (χ4v) is 2.25. The van der Waals surface area contributed by atoms with Gasteiger partial charge in [-0.3, -0.25) is 4.98 Å². The molecule has 0 amide bonds. The van der Waals surface area contributed by atoms with Gasteiger partial charge in [-0.1, -0.05) is 36.4 Å². The molecule has 2 nitrogen and oxygen atoms in total. The summed E-state index contributed by atoms with van der Waals surface area (Å²) in [5.41, 5.74) is 2.73. The van der Waals surface area contributed by atoms with Crippen LogP contribution in [0, 0.1) is 0 Å². The van der Waals surface area contributed by atoms with Gasteiger partial charge in [0.2, 0.25) is 0 Å². The smallest absolute Gasteiger partial charge is 0.0299 e. The predicted octanol–water partition coefficient (Wildman–Crippen LogP) is 3.02. The van der Waals surface area contributed by atoms with E-state index in [9.17, 15) is 0 Å². The lowest BCUT2D eigenvalue weighted by Gasteiger charge is -2.16. The number of rotatable bonds is 6. The number of aryl methyl sites for hydroxylation is 1. The summed E-state index contributed by atoms with van der Waals surface area (Å²) < 4.78 is 0. The molecule has 1 atom stereocenters. The lowest BCUT2D eigenvalue weighted by Crippen LogP contribution is -2.17. The van der Waals surface area contributed by atoms with Crippen LogP contribution in [0.15, 0.2) is 54.9 Å². The van der Waals surface area contributed by atoms with E-state index < -0.39 is 0 Å². The molecule has 1 aromatic heterocycles. The van der Waals surface area contributed by atoms with E-state index in [0.29, 0.717) is 5.92 Å². The van der Waals surface area contributed by atoms with Gasteiger partial charge in [-0.2, -0.15) is 0 Å². The first-order chi connectivity index (χ1) is 8.90. The van der Waals surface area contributed by atoms with E-state index in [4.69, 9.17) is 0 Å². The number of nitrogens with zero attached hydrogens (tertiary/aromatic N) is 1. The molecule has 1 unspecified atom stereocenters. The maximum absolute atomic E-state index is 4.17. The number of hydrogen-bond donors (Lipinski definition) is 1. The monoisotopic (exact) mass is 240 g/mol. The third kappa shape index (κ3) is 3.67. The van der Waals surface area contributed by atoms with E-state index in [1.807, 2.05) is 25.5 Å². The zero-order chi connectivity index (χ0) is 12.6. The van der Waals surface area contributed by atoms with Crippen molar-refractivity contribution in [1.29, 1.82) is 0 Å². The van der Waals surface area contributed by atoms with Crippen LogP contribution >= 0.6 is 0 Å². The average Bonchev–Trinajstić information content (AvgIpc) is 2.45. The molecule has 0 bridgehead atoms. The van der Waals surface area contributed by atoms with Crippen LogP contribution in [0.1, 0.15) is 23.5 Å². The van der Waals surface area contributed by atoms with Crippen LogP contribution in [0.3, 0.4) is 0 Å². The van der Waals surface area contributed by atoms with Crippen molar-refractivity contribution in [2.75, 3.05) is 13.6 Å². The lowest BCUT2D eigenvalue weighted by atomic mass is 9.92. The highest BCUT2D eigenvalue weighted by Crippen LogP contribution is 2.20. The van der Waals surface area contributed by atoms with E-state index in [2.05, 4.69) is 46.7 Å². The van der Waals surface area contributed by atoms with Crippen LogP contribution in [0.5, 0.6) is 0 Å². The van der Waals surface area contributed by atoms with Gasteiger partial charge < -0.3 is 5.32 Å².